The minimum absolute atomic E-state index is 0.0907. The van der Waals surface area contributed by atoms with Crippen LogP contribution in [-0.2, 0) is 43.2 Å². The number of hydrogen-bond acceptors (Lipinski definition) is 13. The van der Waals surface area contributed by atoms with E-state index in [4.69, 9.17) is 16.6 Å². The van der Waals surface area contributed by atoms with Gasteiger partial charge in [-0.25, -0.2) is 0 Å². The zero-order chi connectivity index (χ0) is 48.0. The molecule has 0 fully saturated rings. The van der Waals surface area contributed by atoms with Crippen molar-refractivity contribution in [2.24, 2.45) is 35.1 Å². The molecule has 0 aromatic rings. The van der Waals surface area contributed by atoms with Crippen molar-refractivity contribution in [3.63, 3.8) is 0 Å². The van der Waals surface area contributed by atoms with Gasteiger partial charge in [-0.1, -0.05) is 61.8 Å². The molecule has 62 heavy (non-hydrogen) atoms. The van der Waals surface area contributed by atoms with Gasteiger partial charge in [0, 0.05) is 6.54 Å². The molecule has 0 saturated heterocycles. The van der Waals surface area contributed by atoms with Gasteiger partial charge in [0.05, 0.1) is 37.1 Å². The minimum atomic E-state index is -1.59. The second-order valence-corrected chi connectivity index (χ2v) is 17.8. The summed E-state index contributed by atoms with van der Waals surface area (Å²) in [4.78, 5) is 115. The van der Waals surface area contributed by atoms with Crippen LogP contribution in [0.15, 0.2) is 0 Å². The Bertz CT molecular complexity index is 1520. The van der Waals surface area contributed by atoms with Gasteiger partial charge in [-0.3, -0.25) is 43.2 Å². The van der Waals surface area contributed by atoms with Crippen molar-refractivity contribution in [3.05, 3.63) is 0 Å². The number of carboxylic acids is 2. The zero-order valence-electron chi connectivity index (χ0n) is 37.7. The maximum absolute atomic E-state index is 13.8. The van der Waals surface area contributed by atoms with E-state index in [9.17, 15) is 53.4 Å². The Kier molecular flexibility index (Phi) is 26.8. The maximum atomic E-state index is 13.8. The molecular formula is C40H73N9O12S. The highest BCUT2D eigenvalue weighted by Gasteiger charge is 2.36. The predicted octanol–water partition coefficient (Wildman–Crippen LogP) is -1.46. The summed E-state index contributed by atoms with van der Waals surface area (Å²) >= 11 is 1.44. The lowest BCUT2D eigenvalue weighted by Gasteiger charge is -2.31. The zero-order valence-corrected chi connectivity index (χ0v) is 38.6. The van der Waals surface area contributed by atoms with Crippen molar-refractivity contribution in [1.82, 2.24) is 37.2 Å². The third-order valence-electron chi connectivity index (χ3n) is 9.86. The summed E-state index contributed by atoms with van der Waals surface area (Å²) in [6.45, 7) is 15.3. The van der Waals surface area contributed by atoms with Gasteiger partial charge in [-0.05, 0) is 61.9 Å². The highest BCUT2D eigenvalue weighted by molar-refractivity contribution is 7.98. The highest BCUT2D eigenvalue weighted by atomic mass is 32.2. The number of amides is 7. The second-order valence-electron chi connectivity index (χ2n) is 16.9. The van der Waals surface area contributed by atoms with Gasteiger partial charge in [0.25, 0.3) is 0 Å². The van der Waals surface area contributed by atoms with E-state index in [1.165, 1.54) is 18.7 Å². The Balaban J connectivity index is 6.26. The Morgan fingerprint density at radius 3 is 1.53 bits per heavy atom. The van der Waals surface area contributed by atoms with Crippen LogP contribution in [0, 0.1) is 23.7 Å². The molecule has 0 aromatic carbocycles. The van der Waals surface area contributed by atoms with Crippen LogP contribution < -0.4 is 48.7 Å². The van der Waals surface area contributed by atoms with Crippen LogP contribution in [0.5, 0.6) is 0 Å². The molecule has 0 saturated carbocycles. The summed E-state index contributed by atoms with van der Waals surface area (Å²) in [5.41, 5.74) is 11.0. The van der Waals surface area contributed by atoms with Crippen molar-refractivity contribution in [2.45, 2.75) is 155 Å². The summed E-state index contributed by atoms with van der Waals surface area (Å²) in [6, 6.07) is -9.51. The van der Waals surface area contributed by atoms with E-state index >= 15 is 0 Å². The van der Waals surface area contributed by atoms with Crippen molar-refractivity contribution >= 4 is 65.1 Å². The van der Waals surface area contributed by atoms with Gasteiger partial charge in [0.1, 0.15) is 30.2 Å². The van der Waals surface area contributed by atoms with Gasteiger partial charge < -0.3 is 64.0 Å². The van der Waals surface area contributed by atoms with E-state index in [0.29, 0.717) is 12.2 Å². The average Bonchev–Trinajstić information content (AvgIpc) is 3.16. The standard InChI is InChI=1S/C40H73N9O12S/c1-11-22(8)33(49-35(56)23(9)41)40(61)47-28(17-31(53)54)38(59)44-25(14-19(2)3)29(50)18-43-24(12-13-62-10)36(57)48-32(21(6)7)39(60)46-27(15-20(4)5)37(58)45-26(34(42)55)16-30(51)52/h19-29,32-33,43,50H,11-18,41H2,1-10H3,(H2,42,55)(H,44,59)(H,45,58)(H,46,60)(H,47,61)(H,48,57)(H,49,56)(H,51,52)(H,53,54)/t22-,23-,24-,25-,26-,27-,28-,29-,32-,33-/m0/s1. The summed E-state index contributed by atoms with van der Waals surface area (Å²) in [6.07, 6.45) is -0.0721. The molecule has 0 unspecified atom stereocenters. The Morgan fingerprint density at radius 1 is 0.597 bits per heavy atom. The SMILES string of the molecule is CC[C@H](C)[C@H](NC(=O)[C@H](C)N)C(=O)N[C@@H](CC(=O)O)C(=O)N[C@@H](CC(C)C)[C@@H](O)CN[C@@H](CCSC)C(=O)N[C@H](C(=O)N[C@@H](CC(C)C)C(=O)N[C@@H](CC(=O)O)C(N)=O)C(C)C. The topological polar surface area (TPSA) is 351 Å². The summed E-state index contributed by atoms with van der Waals surface area (Å²) < 4.78 is 0. The molecule has 0 bridgehead atoms. The molecule has 0 aliphatic carbocycles. The van der Waals surface area contributed by atoms with E-state index in [1.54, 1.807) is 41.5 Å². The van der Waals surface area contributed by atoms with Gasteiger partial charge in [0.2, 0.25) is 41.4 Å². The van der Waals surface area contributed by atoms with Crippen molar-refractivity contribution in [3.8, 4) is 0 Å². The first-order valence-corrected chi connectivity index (χ1v) is 22.4. The quantitative estimate of drug-likeness (QED) is 0.0379. The molecule has 10 atom stereocenters. The molecule has 0 spiro atoms. The van der Waals surface area contributed by atoms with Gasteiger partial charge in [-0.15, -0.1) is 0 Å². The summed E-state index contributed by atoms with van der Waals surface area (Å²) in [7, 11) is 0. The third-order valence-corrected chi connectivity index (χ3v) is 10.5. The average molecular weight is 904 g/mol. The molecule has 356 valence electrons. The monoisotopic (exact) mass is 904 g/mol. The lowest BCUT2D eigenvalue weighted by molar-refractivity contribution is -0.141. The fourth-order valence-electron chi connectivity index (χ4n) is 6.13. The Labute approximate surface area is 368 Å². The number of nitrogens with one attached hydrogen (secondary N) is 7. The lowest BCUT2D eigenvalue weighted by atomic mass is 9.96. The van der Waals surface area contributed by atoms with Crippen LogP contribution in [0.4, 0.5) is 0 Å². The number of carbonyl (C=O) groups is 9. The molecule has 14 N–H and O–H groups in total. The van der Waals surface area contributed by atoms with Crippen LogP contribution in [0.2, 0.25) is 0 Å². The normalized spacial score (nSPS) is 16.3. The molecule has 0 aliphatic rings. The van der Waals surface area contributed by atoms with E-state index in [1.807, 2.05) is 20.1 Å². The molecule has 21 nitrogen and oxygen atoms in total. The van der Waals surface area contributed by atoms with Crippen LogP contribution in [0.25, 0.3) is 0 Å². The number of carboxylic acid groups (broad SMARTS) is 2. The first-order valence-electron chi connectivity index (χ1n) is 21.0. The summed E-state index contributed by atoms with van der Waals surface area (Å²) in [5, 5.41) is 48.5. The number of nitrogens with two attached hydrogens (primary N) is 2. The number of primary amides is 1. The number of rotatable bonds is 31. The smallest absolute Gasteiger partial charge is 0.305 e. The van der Waals surface area contributed by atoms with E-state index in [-0.39, 0.29) is 37.6 Å². The fraction of sp³-hybridized carbons (Fsp3) is 0.775. The van der Waals surface area contributed by atoms with E-state index in [0.717, 1.165) is 0 Å². The van der Waals surface area contributed by atoms with Crippen LogP contribution in [0.1, 0.15) is 101 Å². The first-order chi connectivity index (χ1) is 28.7. The number of aliphatic carboxylic acids is 2. The summed E-state index contributed by atoms with van der Waals surface area (Å²) in [5.74, 6) is -8.95. The van der Waals surface area contributed by atoms with Crippen LogP contribution in [0.3, 0.4) is 0 Å². The number of carbonyl (C=O) groups excluding carboxylic acids is 7. The molecule has 0 aliphatic heterocycles. The molecule has 22 heteroatoms. The molecule has 0 rings (SSSR count). The predicted molar refractivity (Wildman–Crippen MR) is 233 cm³/mol. The second kappa shape index (κ2) is 28.9. The maximum Gasteiger partial charge on any atom is 0.305 e. The Hall–Kier alpha value is -4.54. The number of aliphatic hydroxyl groups is 1. The van der Waals surface area contributed by atoms with Gasteiger partial charge >= 0.3 is 11.9 Å². The van der Waals surface area contributed by atoms with E-state index < -0.39 is 132 Å². The van der Waals surface area contributed by atoms with Crippen LogP contribution >= 0.6 is 11.8 Å². The number of hydrogen-bond donors (Lipinski definition) is 12. The largest absolute Gasteiger partial charge is 0.481 e. The molecular weight excluding hydrogens is 831 g/mol. The van der Waals surface area contributed by atoms with Gasteiger partial charge in [-0.2, -0.15) is 11.8 Å². The molecule has 0 aromatic heterocycles. The van der Waals surface area contributed by atoms with Crippen molar-refractivity contribution in [1.29, 1.82) is 0 Å². The first kappa shape index (κ1) is 57.5. The van der Waals surface area contributed by atoms with Crippen molar-refractivity contribution < 1.29 is 58.5 Å². The molecule has 0 heterocycles. The third kappa shape index (κ3) is 22.0. The van der Waals surface area contributed by atoms with Crippen LogP contribution in [-0.4, -0.2) is 142 Å². The van der Waals surface area contributed by atoms with E-state index in [2.05, 4.69) is 37.2 Å². The van der Waals surface area contributed by atoms with Gasteiger partial charge in [0.15, 0.2) is 0 Å². The lowest BCUT2D eigenvalue weighted by Crippen LogP contribution is -2.60. The Morgan fingerprint density at radius 2 is 1.06 bits per heavy atom. The molecule has 7 amide bonds. The minimum Gasteiger partial charge on any atom is -0.481 e. The highest BCUT2D eigenvalue weighted by Crippen LogP contribution is 2.14. The number of thioether (sulfide) groups is 1. The number of aliphatic hydroxyl groups excluding tert-OH is 1. The van der Waals surface area contributed by atoms with Crippen molar-refractivity contribution in [2.75, 3.05) is 18.6 Å². The fourth-order valence-corrected chi connectivity index (χ4v) is 6.60. The molecule has 0 radical (unpaired) electrons.